The number of hydrogen-bond acceptors (Lipinski definition) is 3. The summed E-state index contributed by atoms with van der Waals surface area (Å²) in [6.07, 6.45) is -4.39. The first-order valence-corrected chi connectivity index (χ1v) is 5.03. The second-order valence-corrected chi connectivity index (χ2v) is 3.92. The van der Waals surface area contributed by atoms with E-state index in [4.69, 9.17) is 0 Å². The van der Waals surface area contributed by atoms with Gasteiger partial charge in [-0.1, -0.05) is 6.92 Å². The number of halogens is 3. The lowest BCUT2D eigenvalue weighted by Crippen LogP contribution is -2.41. The van der Waals surface area contributed by atoms with Crippen LogP contribution in [0.3, 0.4) is 0 Å². The Morgan fingerprint density at radius 1 is 1.50 bits per heavy atom. The van der Waals surface area contributed by atoms with Gasteiger partial charge in [0.15, 0.2) is 0 Å². The number of ether oxygens (including phenoxy) is 1. The molecule has 1 rings (SSSR count). The van der Waals surface area contributed by atoms with Gasteiger partial charge in [-0.2, -0.15) is 13.2 Å². The average molecular weight is 240 g/mol. The van der Waals surface area contributed by atoms with Gasteiger partial charge in [-0.15, -0.1) is 0 Å². The minimum atomic E-state index is -4.39. The average Bonchev–Trinajstić information content (AvgIpc) is 2.49. The van der Waals surface area contributed by atoms with Crippen LogP contribution in [-0.4, -0.2) is 44.4 Å². The molecule has 1 amide bonds. The summed E-state index contributed by atoms with van der Waals surface area (Å²) in [6.45, 7) is 1.46. The standard InChI is InChI=1S/C9H15F3N2O2/c1-6-2-13-3-7(6)14-8(15)4-16-5-9(10,11)12/h6-7,13H,2-5H2,1H3,(H,14,15). The van der Waals surface area contributed by atoms with Crippen LogP contribution in [0, 0.1) is 5.92 Å². The minimum absolute atomic E-state index is 0.0259. The van der Waals surface area contributed by atoms with Crippen LogP contribution in [0.15, 0.2) is 0 Å². The Bertz CT molecular complexity index is 245. The van der Waals surface area contributed by atoms with Crippen molar-refractivity contribution in [3.05, 3.63) is 0 Å². The van der Waals surface area contributed by atoms with Crippen LogP contribution in [0.2, 0.25) is 0 Å². The predicted octanol–water partition coefficient (Wildman–Crippen LogP) is 0.289. The van der Waals surface area contributed by atoms with E-state index < -0.39 is 25.3 Å². The Labute approximate surface area is 91.5 Å². The van der Waals surface area contributed by atoms with Crippen LogP contribution in [-0.2, 0) is 9.53 Å². The molecule has 0 aliphatic carbocycles. The van der Waals surface area contributed by atoms with E-state index in [-0.39, 0.29) is 12.0 Å². The first kappa shape index (κ1) is 13.2. The Kier molecular flexibility index (Phi) is 4.55. The van der Waals surface area contributed by atoms with Crippen LogP contribution in [0.1, 0.15) is 6.92 Å². The number of carbonyl (C=O) groups excluding carboxylic acids is 1. The van der Waals surface area contributed by atoms with Gasteiger partial charge in [0.2, 0.25) is 5.91 Å². The van der Waals surface area contributed by atoms with E-state index in [0.29, 0.717) is 6.54 Å². The lowest BCUT2D eigenvalue weighted by atomic mass is 10.1. The highest BCUT2D eigenvalue weighted by atomic mass is 19.4. The van der Waals surface area contributed by atoms with Gasteiger partial charge in [-0.05, 0) is 12.5 Å². The van der Waals surface area contributed by atoms with Crippen molar-refractivity contribution >= 4 is 5.91 Å². The van der Waals surface area contributed by atoms with E-state index in [1.807, 2.05) is 6.92 Å². The topological polar surface area (TPSA) is 50.4 Å². The van der Waals surface area contributed by atoms with Gasteiger partial charge in [0.25, 0.3) is 0 Å². The zero-order chi connectivity index (χ0) is 12.2. The first-order valence-electron chi connectivity index (χ1n) is 5.03. The predicted molar refractivity (Wildman–Crippen MR) is 50.8 cm³/mol. The highest BCUT2D eigenvalue weighted by molar-refractivity contribution is 5.77. The fraction of sp³-hybridized carbons (Fsp3) is 0.889. The number of alkyl halides is 3. The van der Waals surface area contributed by atoms with Crippen molar-refractivity contribution in [2.45, 2.75) is 19.1 Å². The third-order valence-corrected chi connectivity index (χ3v) is 2.36. The Morgan fingerprint density at radius 2 is 2.19 bits per heavy atom. The van der Waals surface area contributed by atoms with E-state index in [9.17, 15) is 18.0 Å². The molecule has 0 aromatic rings. The molecule has 2 atom stereocenters. The molecule has 94 valence electrons. The minimum Gasteiger partial charge on any atom is -0.362 e. The van der Waals surface area contributed by atoms with Gasteiger partial charge in [0, 0.05) is 12.6 Å². The van der Waals surface area contributed by atoms with Crippen LogP contribution < -0.4 is 10.6 Å². The molecule has 2 N–H and O–H groups in total. The smallest absolute Gasteiger partial charge is 0.362 e. The van der Waals surface area contributed by atoms with Crippen LogP contribution in [0.4, 0.5) is 13.2 Å². The third-order valence-electron chi connectivity index (χ3n) is 2.36. The van der Waals surface area contributed by atoms with Crippen LogP contribution in [0.5, 0.6) is 0 Å². The molecule has 4 nitrogen and oxygen atoms in total. The summed E-state index contributed by atoms with van der Waals surface area (Å²) in [7, 11) is 0. The van der Waals surface area contributed by atoms with Gasteiger partial charge in [0.1, 0.15) is 13.2 Å². The van der Waals surface area contributed by atoms with Crippen molar-refractivity contribution in [3.8, 4) is 0 Å². The molecule has 1 fully saturated rings. The van der Waals surface area contributed by atoms with Gasteiger partial charge in [-0.3, -0.25) is 4.79 Å². The zero-order valence-corrected chi connectivity index (χ0v) is 8.93. The molecule has 1 saturated heterocycles. The molecule has 1 aliphatic rings. The van der Waals surface area contributed by atoms with Gasteiger partial charge in [-0.25, -0.2) is 0 Å². The van der Waals surface area contributed by atoms with Gasteiger partial charge < -0.3 is 15.4 Å². The summed E-state index contributed by atoms with van der Waals surface area (Å²) in [4.78, 5) is 11.2. The normalized spacial score (nSPS) is 25.8. The molecule has 0 bridgehead atoms. The van der Waals surface area contributed by atoms with E-state index in [1.165, 1.54) is 0 Å². The lowest BCUT2D eigenvalue weighted by Gasteiger charge is -2.16. The SMILES string of the molecule is CC1CNCC1NC(=O)COCC(F)(F)F. The maximum atomic E-state index is 11.7. The molecule has 0 saturated carbocycles. The molecular weight excluding hydrogens is 225 g/mol. The summed E-state index contributed by atoms with van der Waals surface area (Å²) in [5.41, 5.74) is 0. The molecule has 1 aliphatic heterocycles. The zero-order valence-electron chi connectivity index (χ0n) is 8.93. The van der Waals surface area contributed by atoms with E-state index in [0.717, 1.165) is 6.54 Å². The van der Waals surface area contributed by atoms with Crippen LogP contribution >= 0.6 is 0 Å². The molecular formula is C9H15F3N2O2. The second-order valence-electron chi connectivity index (χ2n) is 3.92. The number of amides is 1. The van der Waals surface area contributed by atoms with Crippen molar-refractivity contribution in [1.29, 1.82) is 0 Å². The summed E-state index contributed by atoms with van der Waals surface area (Å²) in [5.74, 6) is -0.226. The summed E-state index contributed by atoms with van der Waals surface area (Å²) < 4.78 is 39.4. The second kappa shape index (κ2) is 5.49. The molecule has 0 aromatic heterocycles. The molecule has 0 aromatic carbocycles. The molecule has 0 spiro atoms. The summed E-state index contributed by atoms with van der Waals surface area (Å²) >= 11 is 0. The Hall–Kier alpha value is -0.820. The van der Waals surface area contributed by atoms with E-state index in [1.54, 1.807) is 0 Å². The van der Waals surface area contributed by atoms with E-state index in [2.05, 4.69) is 15.4 Å². The molecule has 0 radical (unpaired) electrons. The molecule has 1 heterocycles. The summed E-state index contributed by atoms with van der Waals surface area (Å²) in [5, 5.41) is 5.69. The Balaban J connectivity index is 2.16. The highest BCUT2D eigenvalue weighted by Gasteiger charge is 2.28. The fourth-order valence-electron chi connectivity index (χ4n) is 1.51. The van der Waals surface area contributed by atoms with Crippen molar-refractivity contribution in [2.24, 2.45) is 5.92 Å². The molecule has 16 heavy (non-hydrogen) atoms. The quantitative estimate of drug-likeness (QED) is 0.742. The van der Waals surface area contributed by atoms with Crippen LogP contribution in [0.25, 0.3) is 0 Å². The number of hydrogen-bond donors (Lipinski definition) is 2. The Morgan fingerprint density at radius 3 is 2.69 bits per heavy atom. The molecule has 7 heteroatoms. The monoisotopic (exact) mass is 240 g/mol. The highest BCUT2D eigenvalue weighted by Crippen LogP contribution is 2.14. The number of rotatable bonds is 4. The largest absolute Gasteiger partial charge is 0.411 e. The van der Waals surface area contributed by atoms with E-state index >= 15 is 0 Å². The fourth-order valence-corrected chi connectivity index (χ4v) is 1.51. The maximum Gasteiger partial charge on any atom is 0.411 e. The van der Waals surface area contributed by atoms with Gasteiger partial charge >= 0.3 is 6.18 Å². The van der Waals surface area contributed by atoms with Crippen molar-refractivity contribution in [1.82, 2.24) is 10.6 Å². The molecule has 2 unspecified atom stereocenters. The van der Waals surface area contributed by atoms with Crippen molar-refractivity contribution < 1.29 is 22.7 Å². The number of nitrogens with one attached hydrogen (secondary N) is 2. The third kappa shape index (κ3) is 4.80. The summed E-state index contributed by atoms with van der Waals surface area (Å²) in [6, 6.07) is -0.0259. The van der Waals surface area contributed by atoms with Crippen molar-refractivity contribution in [2.75, 3.05) is 26.3 Å². The first-order chi connectivity index (χ1) is 7.38. The number of carbonyl (C=O) groups is 1. The maximum absolute atomic E-state index is 11.7. The van der Waals surface area contributed by atoms with Gasteiger partial charge in [0.05, 0.1) is 0 Å². The lowest BCUT2D eigenvalue weighted by molar-refractivity contribution is -0.175. The van der Waals surface area contributed by atoms with Crippen molar-refractivity contribution in [3.63, 3.8) is 0 Å².